The third kappa shape index (κ3) is 10.5. The van der Waals surface area contributed by atoms with E-state index in [9.17, 15) is 8.42 Å². The molecule has 0 aliphatic heterocycles. The number of aromatic amines is 1. The largest absolute Gasteiger partial charge is 0.383 e. The van der Waals surface area contributed by atoms with E-state index in [0.717, 1.165) is 36.8 Å². The van der Waals surface area contributed by atoms with Crippen molar-refractivity contribution in [2.75, 3.05) is 38.9 Å². The van der Waals surface area contributed by atoms with Gasteiger partial charge >= 0.3 is 0 Å². The first-order valence-electron chi connectivity index (χ1n) is 13.9. The van der Waals surface area contributed by atoms with Crippen LogP contribution in [0.2, 0.25) is 25.7 Å². The number of allylic oxidation sites excluding steroid dienone is 1. The fourth-order valence-corrected chi connectivity index (χ4v) is 6.04. The molecule has 0 amide bonds. The van der Waals surface area contributed by atoms with Crippen LogP contribution in [0, 0.1) is 5.92 Å². The highest BCUT2D eigenvalue weighted by atomic mass is 32.2. The van der Waals surface area contributed by atoms with Gasteiger partial charge in [0.2, 0.25) is 16.0 Å². The zero-order valence-corrected chi connectivity index (χ0v) is 26.7. The average Bonchev–Trinajstić information content (AvgIpc) is 3.39. The molecule has 2 N–H and O–H groups in total. The molecule has 0 spiro atoms. The second-order valence-electron chi connectivity index (χ2n) is 11.4. The second kappa shape index (κ2) is 15.4. The number of aromatic nitrogens is 4. The molecule has 2 aromatic heterocycles. The van der Waals surface area contributed by atoms with Crippen LogP contribution in [0.25, 0.3) is 11.4 Å². The van der Waals surface area contributed by atoms with Crippen molar-refractivity contribution in [2.45, 2.75) is 56.8 Å². The number of nitrogens with one attached hydrogen (secondary N) is 2. The van der Waals surface area contributed by atoms with Crippen LogP contribution in [0.4, 0.5) is 11.6 Å². The molecular weight excluding hydrogens is 557 g/mol. The Labute approximate surface area is 245 Å². The predicted octanol–water partition coefficient (Wildman–Crippen LogP) is 5.70. The van der Waals surface area contributed by atoms with E-state index in [-0.39, 0.29) is 24.8 Å². The van der Waals surface area contributed by atoms with Crippen molar-refractivity contribution in [3.05, 3.63) is 61.2 Å². The Balaban J connectivity index is 1.66. The number of rotatable bonds is 18. The van der Waals surface area contributed by atoms with Crippen LogP contribution in [0.15, 0.2) is 60.3 Å². The molecule has 1 unspecified atom stereocenters. The number of ether oxygens (including phenoxy) is 2. The molecule has 2 heterocycles. The summed E-state index contributed by atoms with van der Waals surface area (Å²) in [4.78, 5) is 17.0. The molecule has 0 fully saturated rings. The summed E-state index contributed by atoms with van der Waals surface area (Å²) in [6.07, 6.45) is 8.31. The predicted molar refractivity (Wildman–Crippen MR) is 166 cm³/mol. The summed E-state index contributed by atoms with van der Waals surface area (Å²) in [5, 5.41) is 3.16. The first-order chi connectivity index (χ1) is 19.5. The van der Waals surface area contributed by atoms with E-state index in [1.54, 1.807) is 43.8 Å². The molecule has 1 aromatic carbocycles. The van der Waals surface area contributed by atoms with Gasteiger partial charge in [-0.3, -0.25) is 0 Å². The van der Waals surface area contributed by atoms with Crippen molar-refractivity contribution in [2.24, 2.45) is 5.92 Å². The lowest BCUT2D eigenvalue weighted by molar-refractivity contribution is 0.0660. The molecule has 0 aliphatic carbocycles. The molecule has 12 heteroatoms. The lowest BCUT2D eigenvalue weighted by Gasteiger charge is -2.23. The maximum Gasteiger partial charge on any atom is 0.245 e. The molecule has 0 saturated heterocycles. The summed E-state index contributed by atoms with van der Waals surface area (Å²) in [5.41, 5.74) is 2.19. The highest BCUT2D eigenvalue weighted by Gasteiger charge is 2.25. The van der Waals surface area contributed by atoms with Crippen molar-refractivity contribution in [1.82, 2.24) is 24.2 Å². The number of H-pyrrole nitrogens is 1. The van der Waals surface area contributed by atoms with Gasteiger partial charge in [-0.25, -0.2) is 23.4 Å². The summed E-state index contributed by atoms with van der Waals surface area (Å²) < 4.78 is 38.9. The van der Waals surface area contributed by atoms with E-state index >= 15 is 0 Å². The highest BCUT2D eigenvalue weighted by molar-refractivity contribution is 7.89. The molecule has 224 valence electrons. The summed E-state index contributed by atoms with van der Waals surface area (Å²) in [7, 11) is -3.50. The van der Waals surface area contributed by atoms with Crippen molar-refractivity contribution >= 4 is 29.7 Å². The fraction of sp³-hybridized carbons (Fsp3) is 0.483. The average molecular weight is 601 g/mol. The summed E-state index contributed by atoms with van der Waals surface area (Å²) in [6.45, 7) is 13.8. The van der Waals surface area contributed by atoms with Gasteiger partial charge in [-0.15, -0.1) is 6.58 Å². The second-order valence-corrected chi connectivity index (χ2v) is 18.9. The van der Waals surface area contributed by atoms with Crippen molar-refractivity contribution in [3.63, 3.8) is 0 Å². The molecule has 41 heavy (non-hydrogen) atoms. The Morgan fingerprint density at radius 3 is 2.59 bits per heavy atom. The SMILES string of the molecule is C=CCCC(C)Cc1ncc(-c2ccnc(Nc3ccc(S(=O)(=O)N(CCOC)COCC[Si](C)(C)C)cc3)n2)[nH]1. The number of hydrogen-bond donors (Lipinski definition) is 2. The number of nitrogens with zero attached hydrogens (tertiary/aromatic N) is 4. The monoisotopic (exact) mass is 600 g/mol. The third-order valence-corrected chi connectivity index (χ3v) is 10.0. The standard InChI is InChI=1S/C29H44N6O4SSi/c1-7-8-9-23(2)20-28-31-21-27(33-28)26-14-15-30-29(34-26)32-24-10-12-25(13-11-24)40(36,37)35(16-17-38-3)22-39-18-19-41(4,5)6/h7,10-15,21,23H,1,8-9,16-20,22H2,2-6H3,(H,31,33)(H,30,32,34). The van der Waals surface area contributed by atoms with E-state index in [0.29, 0.717) is 29.9 Å². The van der Waals surface area contributed by atoms with Crippen molar-refractivity contribution in [3.8, 4) is 11.4 Å². The summed E-state index contributed by atoms with van der Waals surface area (Å²) in [5.74, 6) is 1.81. The Hall–Kier alpha value is -2.90. The van der Waals surface area contributed by atoms with E-state index in [2.05, 4.69) is 58.4 Å². The van der Waals surface area contributed by atoms with Crippen molar-refractivity contribution in [1.29, 1.82) is 0 Å². The van der Waals surface area contributed by atoms with Gasteiger partial charge in [0.25, 0.3) is 0 Å². The molecule has 3 rings (SSSR count). The third-order valence-electron chi connectivity index (χ3n) is 6.49. The smallest absolute Gasteiger partial charge is 0.245 e. The minimum atomic E-state index is -3.77. The number of sulfonamides is 1. The maximum absolute atomic E-state index is 13.4. The molecule has 0 bridgehead atoms. The van der Waals surface area contributed by atoms with Gasteiger partial charge in [0.05, 0.1) is 29.1 Å². The van der Waals surface area contributed by atoms with Gasteiger partial charge in [0.15, 0.2) is 0 Å². The number of hydrogen-bond acceptors (Lipinski definition) is 8. The molecule has 3 aromatic rings. The normalized spacial score (nSPS) is 12.9. The first-order valence-corrected chi connectivity index (χ1v) is 19.1. The highest BCUT2D eigenvalue weighted by Crippen LogP contribution is 2.22. The minimum absolute atomic E-state index is 0.0140. The van der Waals surface area contributed by atoms with Gasteiger partial charge in [0, 0.05) is 46.6 Å². The van der Waals surface area contributed by atoms with Gasteiger partial charge in [-0.2, -0.15) is 4.31 Å². The zero-order chi connectivity index (χ0) is 29.9. The lowest BCUT2D eigenvalue weighted by atomic mass is 10.0. The van der Waals surface area contributed by atoms with Crippen LogP contribution in [-0.4, -0.2) is 74.3 Å². The van der Waals surface area contributed by atoms with E-state index in [4.69, 9.17) is 9.47 Å². The summed E-state index contributed by atoms with van der Waals surface area (Å²) >= 11 is 0. The van der Waals surface area contributed by atoms with Crippen LogP contribution >= 0.6 is 0 Å². The van der Waals surface area contributed by atoms with Crippen LogP contribution < -0.4 is 5.32 Å². The quantitative estimate of drug-likeness (QED) is 0.0825. The molecule has 10 nitrogen and oxygen atoms in total. The molecule has 1 atom stereocenters. The number of imidazole rings is 1. The maximum atomic E-state index is 13.4. The van der Waals surface area contributed by atoms with E-state index in [1.165, 1.54) is 4.31 Å². The van der Waals surface area contributed by atoms with Crippen molar-refractivity contribution < 1.29 is 17.9 Å². The zero-order valence-electron chi connectivity index (χ0n) is 24.9. The molecule has 0 radical (unpaired) electrons. The molecule has 0 aliphatic rings. The van der Waals surface area contributed by atoms with Crippen LogP contribution in [0.3, 0.4) is 0 Å². The molecule has 0 saturated carbocycles. The number of benzene rings is 1. The molecular formula is C29H44N6O4SSi. The lowest BCUT2D eigenvalue weighted by Crippen LogP contribution is -2.36. The van der Waals surface area contributed by atoms with Gasteiger partial charge in [-0.1, -0.05) is 32.6 Å². The number of anilines is 2. The first kappa shape index (κ1) is 32.6. The van der Waals surface area contributed by atoms with E-state index < -0.39 is 18.1 Å². The Morgan fingerprint density at radius 2 is 1.90 bits per heavy atom. The van der Waals surface area contributed by atoms with Gasteiger partial charge in [-0.05, 0) is 55.1 Å². The van der Waals surface area contributed by atoms with Gasteiger partial charge in [0.1, 0.15) is 12.6 Å². The topological polar surface area (TPSA) is 122 Å². The van der Waals surface area contributed by atoms with Gasteiger partial charge < -0.3 is 19.8 Å². The van der Waals surface area contributed by atoms with Crippen LogP contribution in [-0.2, 0) is 25.9 Å². The van der Waals surface area contributed by atoms with E-state index in [1.807, 2.05) is 12.1 Å². The Kier molecular flexibility index (Phi) is 12.2. The summed E-state index contributed by atoms with van der Waals surface area (Å²) in [6, 6.07) is 9.31. The Bertz CT molecular complexity index is 1340. The van der Waals surface area contributed by atoms with Crippen LogP contribution in [0.5, 0.6) is 0 Å². The fourth-order valence-electron chi connectivity index (χ4n) is 3.98. The number of methoxy groups -OCH3 is 1. The Morgan fingerprint density at radius 1 is 1.15 bits per heavy atom. The minimum Gasteiger partial charge on any atom is -0.383 e. The van der Waals surface area contributed by atoms with Crippen LogP contribution in [0.1, 0.15) is 25.6 Å².